The van der Waals surface area contributed by atoms with Crippen molar-refractivity contribution >= 4 is 23.3 Å². The summed E-state index contributed by atoms with van der Waals surface area (Å²) in [6.45, 7) is 3.35. The van der Waals surface area contributed by atoms with Gasteiger partial charge in [0.2, 0.25) is 0 Å². The molecule has 0 bridgehead atoms. The number of para-hydroxylation sites is 1. The van der Waals surface area contributed by atoms with Crippen LogP contribution in [-0.4, -0.2) is 49.8 Å². The number of carbonyl (C=O) groups is 1. The Kier molecular flexibility index (Phi) is 6.21. The topological polar surface area (TPSA) is 44.8 Å². The summed E-state index contributed by atoms with van der Waals surface area (Å²) in [6.07, 6.45) is 1.76. The maximum atomic E-state index is 13.3. The number of nitrogens with zero attached hydrogens (tertiary/aromatic N) is 2. The number of piperazine rings is 1. The Morgan fingerprint density at radius 1 is 1.10 bits per heavy atom. The maximum Gasteiger partial charge on any atom is 0.318 e. The number of benzene rings is 2. The van der Waals surface area contributed by atoms with Gasteiger partial charge in [0.15, 0.2) is 0 Å². The highest BCUT2D eigenvalue weighted by Gasteiger charge is 2.31. The van der Waals surface area contributed by atoms with Gasteiger partial charge in [-0.15, -0.1) is 0 Å². The van der Waals surface area contributed by atoms with Gasteiger partial charge in [0, 0.05) is 32.8 Å². The van der Waals surface area contributed by atoms with E-state index in [1.165, 1.54) is 12.1 Å². The Hall–Kier alpha value is -2.31. The largest absolute Gasteiger partial charge is 0.376 e. The minimum atomic E-state index is -0.290. The normalized spacial score (nSPS) is 20.6. The second kappa shape index (κ2) is 9.01. The van der Waals surface area contributed by atoms with Gasteiger partial charge in [-0.25, -0.2) is 9.18 Å². The van der Waals surface area contributed by atoms with Crippen molar-refractivity contribution in [2.45, 2.75) is 25.0 Å². The van der Waals surface area contributed by atoms with Crippen LogP contribution in [0.4, 0.5) is 14.9 Å². The van der Waals surface area contributed by atoms with E-state index < -0.39 is 0 Å². The van der Waals surface area contributed by atoms with E-state index in [2.05, 4.69) is 10.2 Å². The van der Waals surface area contributed by atoms with Crippen LogP contribution in [0.3, 0.4) is 0 Å². The number of hydrogen-bond acceptors (Lipinski definition) is 3. The first-order valence-electron chi connectivity index (χ1n) is 10.0. The van der Waals surface area contributed by atoms with Gasteiger partial charge in [-0.2, -0.15) is 0 Å². The van der Waals surface area contributed by atoms with E-state index >= 15 is 0 Å². The van der Waals surface area contributed by atoms with Crippen LogP contribution >= 0.6 is 11.6 Å². The fraction of sp³-hybridized carbons (Fsp3) is 0.409. The molecule has 154 valence electrons. The lowest BCUT2D eigenvalue weighted by molar-refractivity contribution is 0.0777. The van der Waals surface area contributed by atoms with Crippen LogP contribution < -0.4 is 10.2 Å². The fourth-order valence-corrected chi connectivity index (χ4v) is 4.26. The van der Waals surface area contributed by atoms with Crippen molar-refractivity contribution in [1.29, 1.82) is 0 Å². The van der Waals surface area contributed by atoms with Crippen molar-refractivity contribution in [2.24, 2.45) is 0 Å². The quantitative estimate of drug-likeness (QED) is 0.809. The molecule has 2 unspecified atom stereocenters. The third kappa shape index (κ3) is 4.65. The van der Waals surface area contributed by atoms with E-state index in [9.17, 15) is 9.18 Å². The van der Waals surface area contributed by atoms with Crippen molar-refractivity contribution in [3.8, 4) is 0 Å². The number of ether oxygens (including phenoxy) is 1. The van der Waals surface area contributed by atoms with Crippen LogP contribution in [0.5, 0.6) is 0 Å². The molecule has 0 radical (unpaired) electrons. The lowest BCUT2D eigenvalue weighted by Gasteiger charge is -2.37. The van der Waals surface area contributed by atoms with Gasteiger partial charge in [0.05, 0.1) is 22.9 Å². The molecule has 0 aromatic heterocycles. The average Bonchev–Trinajstić information content (AvgIpc) is 3.28. The van der Waals surface area contributed by atoms with Crippen molar-refractivity contribution < 1.29 is 13.9 Å². The van der Waals surface area contributed by atoms with E-state index in [0.717, 1.165) is 42.2 Å². The zero-order valence-corrected chi connectivity index (χ0v) is 16.9. The predicted molar refractivity (Wildman–Crippen MR) is 112 cm³/mol. The van der Waals surface area contributed by atoms with Crippen molar-refractivity contribution in [1.82, 2.24) is 10.2 Å². The van der Waals surface area contributed by atoms with Crippen molar-refractivity contribution in [3.63, 3.8) is 0 Å². The zero-order chi connectivity index (χ0) is 20.2. The van der Waals surface area contributed by atoms with Crippen LogP contribution in [0, 0.1) is 5.82 Å². The lowest BCUT2D eigenvalue weighted by Crippen LogP contribution is -2.53. The number of urea groups is 1. The first-order chi connectivity index (χ1) is 14.1. The Morgan fingerprint density at radius 2 is 1.83 bits per heavy atom. The summed E-state index contributed by atoms with van der Waals surface area (Å²) in [5, 5.41) is 3.85. The number of carbonyl (C=O) groups excluding carboxylic acids is 1. The molecule has 2 heterocycles. The molecule has 2 aliphatic heterocycles. The molecule has 2 aliphatic rings. The molecule has 2 aromatic rings. The average molecular weight is 418 g/mol. The zero-order valence-electron chi connectivity index (χ0n) is 16.2. The molecule has 29 heavy (non-hydrogen) atoms. The molecule has 2 fully saturated rings. The molecule has 1 N–H and O–H groups in total. The van der Waals surface area contributed by atoms with Crippen LogP contribution in [0.15, 0.2) is 48.5 Å². The molecule has 2 atom stereocenters. The summed E-state index contributed by atoms with van der Waals surface area (Å²) in [5.41, 5.74) is 1.86. The molecular weight excluding hydrogens is 393 g/mol. The third-order valence-electron chi connectivity index (χ3n) is 5.60. The van der Waals surface area contributed by atoms with Crippen molar-refractivity contribution in [2.75, 3.05) is 37.7 Å². The minimum Gasteiger partial charge on any atom is -0.376 e. The maximum absolute atomic E-state index is 13.3. The number of rotatable bonds is 4. The summed E-state index contributed by atoms with van der Waals surface area (Å²) >= 11 is 6.30. The number of nitrogens with one attached hydrogen (secondary N) is 1. The monoisotopic (exact) mass is 417 g/mol. The fourth-order valence-electron chi connectivity index (χ4n) is 4.01. The molecule has 0 saturated carbocycles. The van der Waals surface area contributed by atoms with Gasteiger partial charge in [-0.05, 0) is 42.7 Å². The molecular formula is C22H25ClFN3O2. The number of anilines is 1. The van der Waals surface area contributed by atoms with Crippen LogP contribution in [0.1, 0.15) is 24.4 Å². The second-order valence-corrected chi connectivity index (χ2v) is 7.86. The Bertz CT molecular complexity index is 834. The third-order valence-corrected chi connectivity index (χ3v) is 5.92. The van der Waals surface area contributed by atoms with Gasteiger partial charge in [-0.1, -0.05) is 35.9 Å². The van der Waals surface area contributed by atoms with E-state index in [1.54, 1.807) is 12.1 Å². The van der Waals surface area contributed by atoms with Crippen LogP contribution in [0.25, 0.3) is 0 Å². The lowest BCUT2D eigenvalue weighted by atomic mass is 9.99. The molecule has 2 amide bonds. The molecule has 4 rings (SSSR count). The standard InChI is InChI=1S/C22H25ClFN3O2/c23-18-4-1-2-5-19(18)26-11-13-27(14-12-26)22(28)25-21(20-6-3-15-29-20)16-7-9-17(24)10-8-16/h1-2,4-5,7-10,20-21H,3,6,11-15H2,(H,25,28). The second-order valence-electron chi connectivity index (χ2n) is 7.46. The Balaban J connectivity index is 1.40. The highest BCUT2D eigenvalue weighted by molar-refractivity contribution is 6.33. The molecule has 0 aliphatic carbocycles. The molecule has 2 saturated heterocycles. The molecule has 5 nitrogen and oxygen atoms in total. The van der Waals surface area contributed by atoms with E-state index in [-0.39, 0.29) is 24.0 Å². The van der Waals surface area contributed by atoms with Crippen molar-refractivity contribution in [3.05, 3.63) is 64.9 Å². The molecule has 0 spiro atoms. The van der Waals surface area contributed by atoms with Crippen LogP contribution in [-0.2, 0) is 4.74 Å². The minimum absolute atomic E-state index is 0.0891. The summed E-state index contributed by atoms with van der Waals surface area (Å²) in [7, 11) is 0. The number of halogens is 2. The van der Waals surface area contributed by atoms with E-state index in [4.69, 9.17) is 16.3 Å². The Labute approximate surface area is 175 Å². The molecule has 7 heteroatoms. The smallest absolute Gasteiger partial charge is 0.318 e. The summed E-state index contributed by atoms with van der Waals surface area (Å²) in [6, 6.07) is 13.6. The summed E-state index contributed by atoms with van der Waals surface area (Å²) in [5.74, 6) is -0.290. The van der Waals surface area contributed by atoms with Gasteiger partial charge in [0.25, 0.3) is 0 Å². The predicted octanol–water partition coefficient (Wildman–Crippen LogP) is 4.23. The highest BCUT2D eigenvalue weighted by Crippen LogP contribution is 2.28. The summed E-state index contributed by atoms with van der Waals surface area (Å²) in [4.78, 5) is 17.0. The van der Waals surface area contributed by atoms with Gasteiger partial charge in [0.1, 0.15) is 5.82 Å². The summed E-state index contributed by atoms with van der Waals surface area (Å²) < 4.78 is 19.2. The van der Waals surface area contributed by atoms with Crippen LogP contribution in [0.2, 0.25) is 5.02 Å². The number of hydrogen-bond donors (Lipinski definition) is 1. The van der Waals surface area contributed by atoms with E-state index in [1.807, 2.05) is 29.2 Å². The number of amides is 2. The first kappa shape index (κ1) is 20.0. The first-order valence-corrected chi connectivity index (χ1v) is 10.4. The highest BCUT2D eigenvalue weighted by atomic mass is 35.5. The van der Waals surface area contributed by atoms with Gasteiger partial charge >= 0.3 is 6.03 Å². The van der Waals surface area contributed by atoms with E-state index in [0.29, 0.717) is 19.7 Å². The Morgan fingerprint density at radius 3 is 2.48 bits per heavy atom. The van der Waals surface area contributed by atoms with Gasteiger partial charge < -0.3 is 19.9 Å². The SMILES string of the molecule is O=C(NC(c1ccc(F)cc1)C1CCCO1)N1CCN(c2ccccc2Cl)CC1. The van der Waals surface area contributed by atoms with Gasteiger partial charge in [-0.3, -0.25) is 0 Å². The molecule has 2 aromatic carbocycles.